The lowest BCUT2D eigenvalue weighted by atomic mass is 10.1. The van der Waals surface area contributed by atoms with E-state index in [1.54, 1.807) is 27.6 Å². The summed E-state index contributed by atoms with van der Waals surface area (Å²) in [6.07, 6.45) is 0. The monoisotopic (exact) mass is 405 g/mol. The minimum atomic E-state index is -0.195. The van der Waals surface area contributed by atoms with Gasteiger partial charge in [0.1, 0.15) is 0 Å². The molecular formula is C19H21Cl2N5O. The fourth-order valence-corrected chi connectivity index (χ4v) is 3.66. The smallest absolute Gasteiger partial charge is 0.259 e. The summed E-state index contributed by atoms with van der Waals surface area (Å²) in [5, 5.41) is 13.0. The fourth-order valence-electron chi connectivity index (χ4n) is 3.14. The first kappa shape index (κ1) is 19.5. The molecule has 3 rings (SSSR count). The zero-order valence-corrected chi connectivity index (χ0v) is 17.4. The summed E-state index contributed by atoms with van der Waals surface area (Å²) in [6.45, 7) is 7.88. The minimum Gasteiger partial charge on any atom is -0.319 e. The molecule has 3 aromatic rings. The maximum atomic E-state index is 12.8. The number of carbonyl (C=O) groups is 1. The molecule has 1 aromatic carbocycles. The average Bonchev–Trinajstić information content (AvgIpc) is 3.00. The number of nitrogens with one attached hydrogen (secondary N) is 1. The van der Waals surface area contributed by atoms with Gasteiger partial charge in [-0.2, -0.15) is 10.2 Å². The molecule has 0 fully saturated rings. The van der Waals surface area contributed by atoms with Crippen molar-refractivity contribution in [2.75, 3.05) is 5.32 Å². The number of carbonyl (C=O) groups excluding carboxylic acids is 1. The SMILES string of the molecule is Cc1nn(Cc2c(Cl)cccc2Cl)c(C)c1NC(=O)c1c(C)nn(C)c1C. The molecule has 8 heteroatoms. The summed E-state index contributed by atoms with van der Waals surface area (Å²) in [4.78, 5) is 12.8. The number of amides is 1. The van der Waals surface area contributed by atoms with Crippen LogP contribution in [0.25, 0.3) is 0 Å². The second kappa shape index (κ2) is 7.37. The second-order valence-corrected chi connectivity index (χ2v) is 7.34. The van der Waals surface area contributed by atoms with E-state index < -0.39 is 0 Å². The van der Waals surface area contributed by atoms with Gasteiger partial charge in [-0.25, -0.2) is 0 Å². The van der Waals surface area contributed by atoms with Crippen LogP contribution in [0.3, 0.4) is 0 Å². The van der Waals surface area contributed by atoms with Gasteiger partial charge in [0.15, 0.2) is 0 Å². The summed E-state index contributed by atoms with van der Waals surface area (Å²) >= 11 is 12.6. The molecule has 2 heterocycles. The molecule has 1 N–H and O–H groups in total. The maximum Gasteiger partial charge on any atom is 0.259 e. The van der Waals surface area contributed by atoms with Crippen molar-refractivity contribution in [1.29, 1.82) is 0 Å². The molecule has 2 aromatic heterocycles. The van der Waals surface area contributed by atoms with E-state index in [0.717, 1.165) is 22.6 Å². The van der Waals surface area contributed by atoms with E-state index in [-0.39, 0.29) is 5.91 Å². The second-order valence-electron chi connectivity index (χ2n) is 6.53. The molecule has 0 saturated carbocycles. The Hall–Kier alpha value is -2.31. The number of aromatic nitrogens is 4. The molecule has 27 heavy (non-hydrogen) atoms. The van der Waals surface area contributed by atoms with Crippen LogP contribution < -0.4 is 5.32 Å². The third-order valence-corrected chi connectivity index (χ3v) is 5.43. The van der Waals surface area contributed by atoms with Crippen molar-refractivity contribution >= 4 is 34.8 Å². The molecule has 1 amide bonds. The number of halogens is 2. The van der Waals surface area contributed by atoms with Gasteiger partial charge in [0.25, 0.3) is 5.91 Å². The van der Waals surface area contributed by atoms with Crippen molar-refractivity contribution in [3.63, 3.8) is 0 Å². The molecule has 6 nitrogen and oxygen atoms in total. The molecular weight excluding hydrogens is 385 g/mol. The number of benzene rings is 1. The predicted molar refractivity (Wildman–Crippen MR) is 108 cm³/mol. The highest BCUT2D eigenvalue weighted by molar-refractivity contribution is 6.36. The Morgan fingerprint density at radius 1 is 1.04 bits per heavy atom. The van der Waals surface area contributed by atoms with Crippen molar-refractivity contribution in [3.8, 4) is 0 Å². The molecule has 0 saturated heterocycles. The van der Waals surface area contributed by atoms with Crippen molar-refractivity contribution in [3.05, 3.63) is 62.1 Å². The highest BCUT2D eigenvalue weighted by Gasteiger charge is 2.21. The van der Waals surface area contributed by atoms with E-state index in [9.17, 15) is 4.79 Å². The molecule has 0 aliphatic heterocycles. The van der Waals surface area contributed by atoms with E-state index in [1.165, 1.54) is 0 Å². The summed E-state index contributed by atoms with van der Waals surface area (Å²) in [7, 11) is 1.82. The lowest BCUT2D eigenvalue weighted by Gasteiger charge is -2.10. The average molecular weight is 406 g/mol. The first-order valence-electron chi connectivity index (χ1n) is 8.49. The summed E-state index contributed by atoms with van der Waals surface area (Å²) in [6, 6.07) is 5.40. The molecule has 0 bridgehead atoms. The molecule has 0 aliphatic carbocycles. The van der Waals surface area contributed by atoms with Crippen LogP contribution in [-0.2, 0) is 13.6 Å². The molecule has 0 aliphatic rings. The van der Waals surface area contributed by atoms with Gasteiger partial charge in [-0.05, 0) is 39.8 Å². The Morgan fingerprint density at radius 3 is 2.22 bits per heavy atom. The Morgan fingerprint density at radius 2 is 1.67 bits per heavy atom. The van der Waals surface area contributed by atoms with Crippen LogP contribution in [0, 0.1) is 27.7 Å². The van der Waals surface area contributed by atoms with E-state index in [1.807, 2.05) is 34.7 Å². The Labute approximate surface area is 168 Å². The van der Waals surface area contributed by atoms with Crippen LogP contribution >= 0.6 is 23.2 Å². The number of hydrogen-bond donors (Lipinski definition) is 1. The van der Waals surface area contributed by atoms with Gasteiger partial charge in [0.2, 0.25) is 0 Å². The summed E-state index contributed by atoms with van der Waals surface area (Å²) < 4.78 is 3.49. The molecule has 0 spiro atoms. The van der Waals surface area contributed by atoms with Gasteiger partial charge in [0.05, 0.1) is 34.9 Å². The van der Waals surface area contributed by atoms with E-state index in [4.69, 9.17) is 23.2 Å². The first-order valence-corrected chi connectivity index (χ1v) is 9.24. The zero-order valence-electron chi connectivity index (χ0n) is 15.9. The van der Waals surface area contributed by atoms with Crippen LogP contribution in [0.2, 0.25) is 10.0 Å². The number of hydrogen-bond acceptors (Lipinski definition) is 3. The topological polar surface area (TPSA) is 64.7 Å². The quantitative estimate of drug-likeness (QED) is 0.696. The van der Waals surface area contributed by atoms with Gasteiger partial charge in [0, 0.05) is 28.4 Å². The van der Waals surface area contributed by atoms with Gasteiger partial charge in [-0.15, -0.1) is 0 Å². The molecule has 0 radical (unpaired) electrons. The van der Waals surface area contributed by atoms with E-state index in [0.29, 0.717) is 33.5 Å². The number of nitrogens with zero attached hydrogens (tertiary/aromatic N) is 4. The predicted octanol–water partition coefficient (Wildman–Crippen LogP) is 4.46. The van der Waals surface area contributed by atoms with Crippen molar-refractivity contribution in [2.24, 2.45) is 7.05 Å². The largest absolute Gasteiger partial charge is 0.319 e. The zero-order chi connectivity index (χ0) is 19.9. The van der Waals surface area contributed by atoms with E-state index >= 15 is 0 Å². The highest BCUT2D eigenvalue weighted by Crippen LogP contribution is 2.28. The molecule has 142 valence electrons. The lowest BCUT2D eigenvalue weighted by molar-refractivity contribution is 0.102. The third kappa shape index (κ3) is 3.59. The van der Waals surface area contributed by atoms with Gasteiger partial charge < -0.3 is 5.32 Å². The number of rotatable bonds is 4. The van der Waals surface area contributed by atoms with Crippen molar-refractivity contribution in [1.82, 2.24) is 19.6 Å². The number of aryl methyl sites for hydroxylation is 3. The van der Waals surface area contributed by atoms with Crippen LogP contribution in [0.4, 0.5) is 5.69 Å². The standard InChI is InChI=1S/C19H21Cl2N5O/c1-10-17(12(3)25(5)23-10)19(27)22-18-11(2)24-26(13(18)4)9-14-15(20)7-6-8-16(14)21/h6-8H,9H2,1-5H3,(H,22,27). The Kier molecular flexibility index (Phi) is 5.31. The van der Waals surface area contributed by atoms with Gasteiger partial charge >= 0.3 is 0 Å². The highest BCUT2D eigenvalue weighted by atomic mass is 35.5. The fraction of sp³-hybridized carbons (Fsp3) is 0.316. The van der Waals surface area contributed by atoms with Crippen LogP contribution in [-0.4, -0.2) is 25.5 Å². The van der Waals surface area contributed by atoms with Crippen LogP contribution in [0.5, 0.6) is 0 Å². The van der Waals surface area contributed by atoms with E-state index in [2.05, 4.69) is 15.5 Å². The minimum absolute atomic E-state index is 0.195. The number of anilines is 1. The molecule has 0 unspecified atom stereocenters. The van der Waals surface area contributed by atoms with Crippen LogP contribution in [0.15, 0.2) is 18.2 Å². The maximum absolute atomic E-state index is 12.8. The summed E-state index contributed by atoms with van der Waals surface area (Å²) in [5.41, 5.74) is 5.13. The van der Waals surface area contributed by atoms with Crippen LogP contribution in [0.1, 0.15) is 38.7 Å². The Bertz CT molecular complexity index is 1020. The van der Waals surface area contributed by atoms with Crippen molar-refractivity contribution < 1.29 is 4.79 Å². The van der Waals surface area contributed by atoms with Gasteiger partial charge in [-0.1, -0.05) is 29.3 Å². The summed E-state index contributed by atoms with van der Waals surface area (Å²) in [5.74, 6) is -0.195. The molecule has 0 atom stereocenters. The third-order valence-electron chi connectivity index (χ3n) is 4.73. The van der Waals surface area contributed by atoms with Gasteiger partial charge in [-0.3, -0.25) is 14.2 Å². The van der Waals surface area contributed by atoms with Crippen molar-refractivity contribution in [2.45, 2.75) is 34.2 Å². The lowest BCUT2D eigenvalue weighted by Crippen LogP contribution is -2.15. The normalized spacial score (nSPS) is 11.1. The first-order chi connectivity index (χ1) is 12.7. The Balaban J connectivity index is 1.91.